The zero-order valence-electron chi connectivity index (χ0n) is 16.8. The molecule has 30 heavy (non-hydrogen) atoms. The summed E-state index contributed by atoms with van der Waals surface area (Å²) in [5.74, 6) is 0.130. The molecule has 158 valence electrons. The van der Waals surface area contributed by atoms with Gasteiger partial charge in [0.15, 0.2) is 11.5 Å². The minimum absolute atomic E-state index is 0.153. The van der Waals surface area contributed by atoms with Crippen LogP contribution in [0.25, 0.3) is 0 Å². The Hall–Kier alpha value is -3.75. The van der Waals surface area contributed by atoms with E-state index in [1.807, 2.05) is 6.92 Å². The standard InChI is InChI=1S/C21H23N3O6/c1-3-29-17-9-8-14(12-18(17)28-2)21(27)23-22-19(25)13-24-15-6-4-5-7-16(15)30-11-10-20(24)26/h4-9,12H,3,10-11,13H2,1-2H3,(H,22,25)(H,23,27). The Kier molecular flexibility index (Phi) is 6.74. The molecule has 9 nitrogen and oxygen atoms in total. The van der Waals surface area contributed by atoms with E-state index in [9.17, 15) is 14.4 Å². The van der Waals surface area contributed by atoms with Crippen molar-refractivity contribution in [2.75, 3.05) is 31.8 Å². The summed E-state index contributed by atoms with van der Waals surface area (Å²) in [6.07, 6.45) is 0.153. The smallest absolute Gasteiger partial charge is 0.269 e. The SMILES string of the molecule is CCOc1ccc(C(=O)NNC(=O)CN2C(=O)CCOc3ccccc32)cc1OC. The molecule has 0 aromatic heterocycles. The molecule has 2 aromatic carbocycles. The minimum Gasteiger partial charge on any atom is -0.493 e. The molecule has 0 saturated heterocycles. The van der Waals surface area contributed by atoms with Gasteiger partial charge in [0.2, 0.25) is 5.91 Å². The number of ether oxygens (including phenoxy) is 3. The molecular weight excluding hydrogens is 390 g/mol. The number of nitrogens with one attached hydrogen (secondary N) is 2. The fourth-order valence-corrected chi connectivity index (χ4v) is 2.96. The number of hydrogen-bond acceptors (Lipinski definition) is 6. The van der Waals surface area contributed by atoms with E-state index in [1.54, 1.807) is 36.4 Å². The topological polar surface area (TPSA) is 106 Å². The van der Waals surface area contributed by atoms with Crippen molar-refractivity contribution in [3.63, 3.8) is 0 Å². The van der Waals surface area contributed by atoms with Gasteiger partial charge in [0.05, 0.1) is 32.4 Å². The second kappa shape index (κ2) is 9.64. The van der Waals surface area contributed by atoms with E-state index in [0.717, 1.165) is 0 Å². The molecule has 0 bridgehead atoms. The zero-order chi connectivity index (χ0) is 21.5. The van der Waals surface area contributed by atoms with E-state index >= 15 is 0 Å². The highest BCUT2D eigenvalue weighted by atomic mass is 16.5. The number of benzene rings is 2. The molecule has 0 unspecified atom stereocenters. The van der Waals surface area contributed by atoms with Crippen molar-refractivity contribution in [3.8, 4) is 17.2 Å². The maximum atomic E-state index is 12.4. The van der Waals surface area contributed by atoms with Crippen LogP contribution < -0.4 is 30.0 Å². The summed E-state index contributed by atoms with van der Waals surface area (Å²) in [4.78, 5) is 38.5. The van der Waals surface area contributed by atoms with Gasteiger partial charge in [-0.3, -0.25) is 30.1 Å². The van der Waals surface area contributed by atoms with Crippen LogP contribution in [0.5, 0.6) is 17.2 Å². The van der Waals surface area contributed by atoms with Gasteiger partial charge >= 0.3 is 0 Å². The Labute approximate surface area is 173 Å². The number of amides is 3. The van der Waals surface area contributed by atoms with Crippen molar-refractivity contribution in [3.05, 3.63) is 48.0 Å². The van der Waals surface area contributed by atoms with Gasteiger partial charge in [-0.2, -0.15) is 0 Å². The van der Waals surface area contributed by atoms with Gasteiger partial charge in [0, 0.05) is 5.56 Å². The van der Waals surface area contributed by atoms with Gasteiger partial charge in [-0.1, -0.05) is 12.1 Å². The molecule has 1 aliphatic rings. The minimum atomic E-state index is -0.550. The van der Waals surface area contributed by atoms with Crippen molar-refractivity contribution in [2.24, 2.45) is 0 Å². The summed E-state index contributed by atoms with van der Waals surface area (Å²) < 4.78 is 16.2. The monoisotopic (exact) mass is 413 g/mol. The molecule has 0 aliphatic carbocycles. The Morgan fingerprint density at radius 1 is 1.13 bits per heavy atom. The van der Waals surface area contributed by atoms with E-state index < -0.39 is 11.8 Å². The number of carbonyl (C=O) groups is 3. The lowest BCUT2D eigenvalue weighted by Crippen LogP contribution is -2.47. The quantitative estimate of drug-likeness (QED) is 0.698. The summed E-state index contributed by atoms with van der Waals surface area (Å²) in [7, 11) is 1.47. The number of hydrazine groups is 1. The van der Waals surface area contributed by atoms with Crippen LogP contribution in [0.4, 0.5) is 5.69 Å². The van der Waals surface area contributed by atoms with Crippen molar-refractivity contribution in [1.82, 2.24) is 10.9 Å². The number of para-hydroxylation sites is 2. The summed E-state index contributed by atoms with van der Waals surface area (Å²) in [5.41, 5.74) is 5.46. The molecule has 0 radical (unpaired) electrons. The molecule has 0 fully saturated rings. The lowest BCUT2D eigenvalue weighted by Gasteiger charge is -2.21. The first-order valence-corrected chi connectivity index (χ1v) is 9.45. The first-order chi connectivity index (χ1) is 14.5. The van der Waals surface area contributed by atoms with Gasteiger partial charge in [0.25, 0.3) is 11.8 Å². The van der Waals surface area contributed by atoms with E-state index in [2.05, 4.69) is 10.9 Å². The summed E-state index contributed by atoms with van der Waals surface area (Å²) in [5, 5.41) is 0. The van der Waals surface area contributed by atoms with E-state index in [0.29, 0.717) is 29.5 Å². The molecule has 0 saturated carbocycles. The average Bonchev–Trinajstić information content (AvgIpc) is 2.91. The summed E-state index contributed by atoms with van der Waals surface area (Å²) in [6, 6.07) is 11.7. The van der Waals surface area contributed by atoms with Crippen molar-refractivity contribution < 1.29 is 28.6 Å². The van der Waals surface area contributed by atoms with Crippen molar-refractivity contribution >= 4 is 23.4 Å². The third-order valence-electron chi connectivity index (χ3n) is 4.37. The molecule has 1 heterocycles. The van der Waals surface area contributed by atoms with Gasteiger partial charge in [0.1, 0.15) is 12.3 Å². The fraction of sp³-hybridized carbons (Fsp3) is 0.286. The Morgan fingerprint density at radius 2 is 1.93 bits per heavy atom. The molecule has 0 spiro atoms. The molecule has 2 N–H and O–H groups in total. The van der Waals surface area contributed by atoms with Gasteiger partial charge in [-0.05, 0) is 37.3 Å². The lowest BCUT2D eigenvalue weighted by molar-refractivity contribution is -0.124. The zero-order valence-corrected chi connectivity index (χ0v) is 16.8. The van der Waals surface area contributed by atoms with E-state index in [4.69, 9.17) is 14.2 Å². The summed E-state index contributed by atoms with van der Waals surface area (Å²) in [6.45, 7) is 2.28. The maximum absolute atomic E-state index is 12.4. The molecule has 3 rings (SSSR count). The predicted molar refractivity (Wildman–Crippen MR) is 109 cm³/mol. The van der Waals surface area contributed by atoms with Crippen LogP contribution in [0.15, 0.2) is 42.5 Å². The second-order valence-corrected chi connectivity index (χ2v) is 6.35. The van der Waals surface area contributed by atoms with Crippen LogP contribution in [0, 0.1) is 0 Å². The molecule has 9 heteroatoms. The van der Waals surface area contributed by atoms with E-state index in [1.165, 1.54) is 18.1 Å². The van der Waals surface area contributed by atoms with Crippen LogP contribution in [0.1, 0.15) is 23.7 Å². The molecule has 3 amide bonds. The lowest BCUT2D eigenvalue weighted by atomic mass is 10.2. The van der Waals surface area contributed by atoms with Gasteiger partial charge in [-0.15, -0.1) is 0 Å². The number of carbonyl (C=O) groups excluding carboxylic acids is 3. The third kappa shape index (κ3) is 4.80. The highest BCUT2D eigenvalue weighted by molar-refractivity contribution is 6.01. The largest absolute Gasteiger partial charge is 0.493 e. The average molecular weight is 413 g/mol. The van der Waals surface area contributed by atoms with Crippen molar-refractivity contribution in [1.29, 1.82) is 0 Å². The van der Waals surface area contributed by atoms with Crippen LogP contribution in [0.2, 0.25) is 0 Å². The Bertz CT molecular complexity index is 946. The highest BCUT2D eigenvalue weighted by Gasteiger charge is 2.25. The number of hydrogen-bond donors (Lipinski definition) is 2. The van der Waals surface area contributed by atoms with Crippen LogP contribution in [0.3, 0.4) is 0 Å². The first kappa shape index (κ1) is 21.0. The van der Waals surface area contributed by atoms with Crippen molar-refractivity contribution in [2.45, 2.75) is 13.3 Å². The summed E-state index contributed by atoms with van der Waals surface area (Å²) >= 11 is 0. The predicted octanol–water partition coefficient (Wildman–Crippen LogP) is 1.67. The number of methoxy groups -OCH3 is 1. The maximum Gasteiger partial charge on any atom is 0.269 e. The first-order valence-electron chi connectivity index (χ1n) is 9.45. The Balaban J connectivity index is 1.63. The number of fused-ring (bicyclic) bond motifs is 1. The number of rotatable bonds is 6. The van der Waals surface area contributed by atoms with Crippen LogP contribution in [-0.2, 0) is 9.59 Å². The molecule has 1 aliphatic heterocycles. The number of nitrogens with zero attached hydrogens (tertiary/aromatic N) is 1. The van der Waals surface area contributed by atoms with E-state index in [-0.39, 0.29) is 31.0 Å². The molecular formula is C21H23N3O6. The van der Waals surface area contributed by atoms with Crippen LogP contribution >= 0.6 is 0 Å². The Morgan fingerprint density at radius 3 is 2.70 bits per heavy atom. The van der Waals surface area contributed by atoms with Crippen LogP contribution in [-0.4, -0.2) is 44.6 Å². The third-order valence-corrected chi connectivity index (χ3v) is 4.37. The normalized spacial score (nSPS) is 12.9. The number of anilines is 1. The second-order valence-electron chi connectivity index (χ2n) is 6.35. The van der Waals surface area contributed by atoms with Gasteiger partial charge < -0.3 is 14.2 Å². The molecule has 2 aromatic rings. The van der Waals surface area contributed by atoms with Gasteiger partial charge in [-0.25, -0.2) is 0 Å². The highest BCUT2D eigenvalue weighted by Crippen LogP contribution is 2.30. The molecule has 0 atom stereocenters. The fourth-order valence-electron chi connectivity index (χ4n) is 2.96.